The Morgan fingerprint density at radius 3 is 2.92 bits per heavy atom. The largest absolute Gasteiger partial charge is 0.394 e. The number of rotatable bonds is 1. The van der Waals surface area contributed by atoms with Gasteiger partial charge in [-0.25, -0.2) is 0 Å². The van der Waals surface area contributed by atoms with E-state index in [1.165, 1.54) is 0 Å². The van der Waals surface area contributed by atoms with Gasteiger partial charge in [0, 0.05) is 13.0 Å². The van der Waals surface area contributed by atoms with Crippen molar-refractivity contribution in [3.8, 4) is 0 Å². The van der Waals surface area contributed by atoms with Crippen LogP contribution in [0.3, 0.4) is 0 Å². The highest BCUT2D eigenvalue weighted by molar-refractivity contribution is 4.87. The summed E-state index contributed by atoms with van der Waals surface area (Å²) in [6, 6.07) is 0. The van der Waals surface area contributed by atoms with Gasteiger partial charge < -0.3 is 19.7 Å². The second kappa shape index (κ2) is 3.92. The fourth-order valence-electron chi connectivity index (χ4n) is 2.06. The van der Waals surface area contributed by atoms with Crippen molar-refractivity contribution in [3.05, 3.63) is 0 Å². The Hall–Kier alpha value is -0.160. The van der Waals surface area contributed by atoms with Gasteiger partial charge in [-0.2, -0.15) is 0 Å². The lowest BCUT2D eigenvalue weighted by Gasteiger charge is -2.41. The quantitative estimate of drug-likeness (QED) is 0.592. The highest BCUT2D eigenvalue weighted by Gasteiger charge is 2.38. The molecular formula is C9H16O4. The van der Waals surface area contributed by atoms with Gasteiger partial charge in [-0.15, -0.1) is 0 Å². The molecule has 76 valence electrons. The summed E-state index contributed by atoms with van der Waals surface area (Å²) in [4.78, 5) is 0. The molecule has 4 nitrogen and oxygen atoms in total. The van der Waals surface area contributed by atoms with E-state index in [2.05, 4.69) is 0 Å². The molecule has 0 aromatic heterocycles. The summed E-state index contributed by atoms with van der Waals surface area (Å²) in [5.74, 6) is 0. The SMILES string of the molecule is OCC1OC2CCCOC2CC1O. The van der Waals surface area contributed by atoms with Crippen LogP contribution in [0.2, 0.25) is 0 Å². The first-order chi connectivity index (χ1) is 6.31. The molecule has 0 aromatic rings. The molecule has 0 aliphatic carbocycles. The first-order valence-electron chi connectivity index (χ1n) is 4.87. The molecule has 2 aliphatic heterocycles. The minimum atomic E-state index is -0.579. The van der Waals surface area contributed by atoms with Crippen LogP contribution in [-0.4, -0.2) is 47.8 Å². The lowest BCUT2D eigenvalue weighted by Crippen LogP contribution is -2.51. The summed E-state index contributed by atoms with van der Waals surface area (Å²) in [5.41, 5.74) is 0. The summed E-state index contributed by atoms with van der Waals surface area (Å²) in [6.07, 6.45) is 1.70. The van der Waals surface area contributed by atoms with Crippen molar-refractivity contribution < 1.29 is 19.7 Å². The van der Waals surface area contributed by atoms with Crippen LogP contribution in [0.15, 0.2) is 0 Å². The van der Waals surface area contributed by atoms with E-state index in [1.54, 1.807) is 0 Å². The molecule has 4 atom stereocenters. The molecule has 0 radical (unpaired) electrons. The maximum Gasteiger partial charge on any atom is 0.107 e. The molecular weight excluding hydrogens is 172 g/mol. The number of ether oxygens (including phenoxy) is 2. The molecule has 2 N–H and O–H groups in total. The van der Waals surface area contributed by atoms with E-state index in [4.69, 9.17) is 14.6 Å². The van der Waals surface area contributed by atoms with Crippen molar-refractivity contribution in [1.29, 1.82) is 0 Å². The van der Waals surface area contributed by atoms with Gasteiger partial charge in [0.05, 0.1) is 24.9 Å². The van der Waals surface area contributed by atoms with E-state index in [-0.39, 0.29) is 18.8 Å². The summed E-state index contributed by atoms with van der Waals surface area (Å²) >= 11 is 0. The van der Waals surface area contributed by atoms with Crippen molar-refractivity contribution >= 4 is 0 Å². The van der Waals surface area contributed by atoms with Crippen molar-refractivity contribution in [2.75, 3.05) is 13.2 Å². The van der Waals surface area contributed by atoms with Crippen LogP contribution in [-0.2, 0) is 9.47 Å². The molecule has 4 unspecified atom stereocenters. The number of hydrogen-bond acceptors (Lipinski definition) is 4. The van der Waals surface area contributed by atoms with Crippen LogP contribution in [0.4, 0.5) is 0 Å². The van der Waals surface area contributed by atoms with Crippen molar-refractivity contribution in [3.63, 3.8) is 0 Å². The smallest absolute Gasteiger partial charge is 0.107 e. The highest BCUT2D eigenvalue weighted by atomic mass is 16.6. The summed E-state index contributed by atoms with van der Waals surface area (Å²) < 4.78 is 11.0. The summed E-state index contributed by atoms with van der Waals surface area (Å²) in [6.45, 7) is 0.658. The predicted molar refractivity (Wildman–Crippen MR) is 45.3 cm³/mol. The van der Waals surface area contributed by atoms with Crippen LogP contribution in [0, 0.1) is 0 Å². The van der Waals surface area contributed by atoms with Crippen molar-refractivity contribution in [2.45, 2.75) is 43.7 Å². The lowest BCUT2D eigenvalue weighted by atomic mass is 9.94. The topological polar surface area (TPSA) is 58.9 Å². The zero-order valence-corrected chi connectivity index (χ0v) is 7.56. The van der Waals surface area contributed by atoms with Gasteiger partial charge in [0.1, 0.15) is 6.10 Å². The van der Waals surface area contributed by atoms with Gasteiger partial charge in [-0.3, -0.25) is 0 Å². The fraction of sp³-hybridized carbons (Fsp3) is 1.00. The molecule has 2 aliphatic rings. The molecule has 13 heavy (non-hydrogen) atoms. The van der Waals surface area contributed by atoms with Crippen molar-refractivity contribution in [1.82, 2.24) is 0 Å². The minimum absolute atomic E-state index is 0.0338. The monoisotopic (exact) mass is 188 g/mol. The van der Waals surface area contributed by atoms with E-state index in [9.17, 15) is 5.11 Å². The third-order valence-electron chi connectivity index (χ3n) is 2.81. The van der Waals surface area contributed by atoms with Gasteiger partial charge in [-0.1, -0.05) is 0 Å². The number of hydrogen-bond donors (Lipinski definition) is 2. The van der Waals surface area contributed by atoms with Crippen LogP contribution >= 0.6 is 0 Å². The third-order valence-corrected chi connectivity index (χ3v) is 2.81. The number of aliphatic hydroxyl groups is 2. The van der Waals surface area contributed by atoms with E-state index in [1.807, 2.05) is 0 Å². The van der Waals surface area contributed by atoms with E-state index in [0.29, 0.717) is 6.42 Å². The Labute approximate surface area is 77.5 Å². The van der Waals surface area contributed by atoms with Gasteiger partial charge in [0.2, 0.25) is 0 Å². The Bertz CT molecular complexity index is 173. The average molecular weight is 188 g/mol. The van der Waals surface area contributed by atoms with Gasteiger partial charge >= 0.3 is 0 Å². The molecule has 0 spiro atoms. The molecule has 2 heterocycles. The zero-order valence-electron chi connectivity index (χ0n) is 7.56. The van der Waals surface area contributed by atoms with Crippen LogP contribution < -0.4 is 0 Å². The molecule has 2 fully saturated rings. The third kappa shape index (κ3) is 1.86. The van der Waals surface area contributed by atoms with E-state index in [0.717, 1.165) is 19.4 Å². The fourth-order valence-corrected chi connectivity index (χ4v) is 2.06. The summed E-state index contributed by atoms with van der Waals surface area (Å²) in [7, 11) is 0. The zero-order chi connectivity index (χ0) is 9.26. The maximum atomic E-state index is 9.54. The molecule has 0 bridgehead atoms. The molecule has 0 aromatic carbocycles. The van der Waals surface area contributed by atoms with Crippen LogP contribution in [0.5, 0.6) is 0 Å². The second-order valence-corrected chi connectivity index (χ2v) is 3.75. The summed E-state index contributed by atoms with van der Waals surface area (Å²) in [5, 5.41) is 18.5. The van der Waals surface area contributed by atoms with Crippen LogP contribution in [0.1, 0.15) is 19.3 Å². The Morgan fingerprint density at radius 2 is 2.15 bits per heavy atom. The lowest BCUT2D eigenvalue weighted by molar-refractivity contribution is -0.209. The molecule has 2 saturated heterocycles. The predicted octanol–water partition coefficient (Wildman–Crippen LogP) is -0.324. The van der Waals surface area contributed by atoms with Crippen molar-refractivity contribution in [2.24, 2.45) is 0 Å². The normalized spacial score (nSPS) is 45.7. The average Bonchev–Trinajstić information content (AvgIpc) is 2.17. The number of aliphatic hydroxyl groups excluding tert-OH is 2. The Balaban J connectivity index is 1.97. The van der Waals surface area contributed by atoms with Gasteiger partial charge in [-0.05, 0) is 12.8 Å². The Morgan fingerprint density at radius 1 is 1.31 bits per heavy atom. The highest BCUT2D eigenvalue weighted by Crippen LogP contribution is 2.28. The first-order valence-corrected chi connectivity index (χ1v) is 4.87. The molecule has 4 heteroatoms. The molecule has 2 rings (SSSR count). The Kier molecular flexibility index (Phi) is 2.83. The van der Waals surface area contributed by atoms with Gasteiger partial charge in [0.25, 0.3) is 0 Å². The standard InChI is InChI=1S/C9H16O4/c10-5-9-6(11)4-8-7(13-9)2-1-3-12-8/h6-11H,1-5H2. The maximum absolute atomic E-state index is 9.54. The molecule has 0 saturated carbocycles. The van der Waals surface area contributed by atoms with Crippen LogP contribution in [0.25, 0.3) is 0 Å². The van der Waals surface area contributed by atoms with E-state index < -0.39 is 12.2 Å². The van der Waals surface area contributed by atoms with Gasteiger partial charge in [0.15, 0.2) is 0 Å². The number of fused-ring (bicyclic) bond motifs is 1. The second-order valence-electron chi connectivity index (χ2n) is 3.75. The first kappa shape index (κ1) is 9.40. The molecule has 0 amide bonds. The minimum Gasteiger partial charge on any atom is -0.394 e. The van der Waals surface area contributed by atoms with E-state index >= 15 is 0 Å².